The second-order valence-electron chi connectivity index (χ2n) is 4.65. The Morgan fingerprint density at radius 1 is 1.42 bits per heavy atom. The van der Waals surface area contributed by atoms with Crippen molar-refractivity contribution in [3.63, 3.8) is 0 Å². The van der Waals surface area contributed by atoms with E-state index in [1.54, 1.807) is 12.5 Å². The summed E-state index contributed by atoms with van der Waals surface area (Å²) in [4.78, 5) is 14.8. The molecule has 0 unspecified atom stereocenters. The summed E-state index contributed by atoms with van der Waals surface area (Å²) in [7, 11) is 0. The highest BCUT2D eigenvalue weighted by Gasteiger charge is 2.25. The summed E-state index contributed by atoms with van der Waals surface area (Å²) in [6.07, 6.45) is 6.47. The molecule has 5 heteroatoms. The van der Waals surface area contributed by atoms with Crippen LogP contribution in [0, 0.1) is 5.82 Å². The van der Waals surface area contributed by atoms with E-state index in [-0.39, 0.29) is 5.56 Å². The lowest BCUT2D eigenvalue weighted by atomic mass is 10.2. The summed E-state index contributed by atoms with van der Waals surface area (Å²) in [5, 5.41) is 0. The summed E-state index contributed by atoms with van der Waals surface area (Å²) in [5.74, 6) is -0.124. The van der Waals surface area contributed by atoms with Crippen LogP contribution in [0.25, 0.3) is 0 Å². The zero-order valence-corrected chi connectivity index (χ0v) is 10.3. The molecule has 1 aromatic carbocycles. The number of carbonyl (C=O) groups excluding carboxylic acids is 1. The number of nitrogens with zero attached hydrogens (tertiary/aromatic N) is 2. The lowest BCUT2D eigenvalue weighted by Crippen LogP contribution is -2.04. The molecule has 3 rings (SSSR count). The number of aromatic nitrogens is 2. The van der Waals surface area contributed by atoms with Crippen molar-refractivity contribution >= 4 is 6.29 Å². The fourth-order valence-electron chi connectivity index (χ4n) is 2.02. The lowest BCUT2D eigenvalue weighted by Gasteiger charge is -2.09. The van der Waals surface area contributed by atoms with Gasteiger partial charge in [-0.2, -0.15) is 0 Å². The molecule has 1 aliphatic rings. The number of hydrogen-bond acceptors (Lipinski definition) is 3. The van der Waals surface area contributed by atoms with Crippen molar-refractivity contribution in [2.75, 3.05) is 0 Å². The Bertz CT molecular complexity index is 605. The van der Waals surface area contributed by atoms with Crippen LogP contribution in [0.3, 0.4) is 0 Å². The molecule has 0 bridgehead atoms. The van der Waals surface area contributed by atoms with Gasteiger partial charge in [-0.05, 0) is 25.0 Å². The number of rotatable bonds is 5. The third-order valence-electron chi connectivity index (χ3n) is 3.10. The first-order chi connectivity index (χ1) is 9.26. The van der Waals surface area contributed by atoms with E-state index < -0.39 is 5.82 Å². The van der Waals surface area contributed by atoms with Crippen molar-refractivity contribution in [1.29, 1.82) is 0 Å². The highest BCUT2D eigenvalue weighted by atomic mass is 19.1. The third-order valence-corrected chi connectivity index (χ3v) is 3.10. The molecular formula is C14H13FN2O2. The van der Waals surface area contributed by atoms with Crippen LogP contribution in [-0.4, -0.2) is 15.8 Å². The number of ether oxygens (including phenoxy) is 1. The summed E-state index contributed by atoms with van der Waals surface area (Å²) >= 11 is 0. The average Bonchev–Trinajstić information content (AvgIpc) is 3.14. The van der Waals surface area contributed by atoms with Gasteiger partial charge in [0.15, 0.2) is 0 Å². The Kier molecular flexibility index (Phi) is 3.03. The maximum absolute atomic E-state index is 13.2. The standard InChI is InChI=1S/C14H13FN2O2/c15-11-3-10(7-18)4-14(5-11)19-8-13-6-16-9-17(13)12-1-2-12/h3-7,9,12H,1-2,8H2. The third kappa shape index (κ3) is 2.65. The van der Waals surface area contributed by atoms with Gasteiger partial charge in [-0.3, -0.25) is 4.79 Å². The molecule has 2 aromatic rings. The molecule has 0 atom stereocenters. The second-order valence-corrected chi connectivity index (χ2v) is 4.65. The molecule has 0 spiro atoms. The van der Waals surface area contributed by atoms with E-state index in [9.17, 15) is 9.18 Å². The van der Waals surface area contributed by atoms with E-state index in [1.165, 1.54) is 31.0 Å². The minimum Gasteiger partial charge on any atom is -0.487 e. The molecular weight excluding hydrogens is 247 g/mol. The van der Waals surface area contributed by atoms with Gasteiger partial charge >= 0.3 is 0 Å². The molecule has 1 saturated carbocycles. The number of hydrogen-bond donors (Lipinski definition) is 0. The van der Waals surface area contributed by atoms with Crippen molar-refractivity contribution in [1.82, 2.24) is 9.55 Å². The molecule has 1 aliphatic carbocycles. The van der Waals surface area contributed by atoms with Crippen LogP contribution in [0.2, 0.25) is 0 Å². The van der Waals surface area contributed by atoms with Gasteiger partial charge in [0.1, 0.15) is 24.5 Å². The van der Waals surface area contributed by atoms with E-state index >= 15 is 0 Å². The maximum Gasteiger partial charge on any atom is 0.150 e. The predicted molar refractivity (Wildman–Crippen MR) is 66.6 cm³/mol. The van der Waals surface area contributed by atoms with Gasteiger partial charge in [0.25, 0.3) is 0 Å². The zero-order valence-electron chi connectivity index (χ0n) is 10.3. The SMILES string of the molecule is O=Cc1cc(F)cc(OCc2cncn2C2CC2)c1. The molecule has 0 radical (unpaired) electrons. The molecule has 1 aromatic heterocycles. The number of imidazole rings is 1. The van der Waals surface area contributed by atoms with Crippen LogP contribution >= 0.6 is 0 Å². The topological polar surface area (TPSA) is 44.1 Å². The van der Waals surface area contributed by atoms with Crippen molar-refractivity contribution < 1.29 is 13.9 Å². The monoisotopic (exact) mass is 260 g/mol. The van der Waals surface area contributed by atoms with E-state index in [0.29, 0.717) is 24.7 Å². The van der Waals surface area contributed by atoms with Gasteiger partial charge < -0.3 is 9.30 Å². The van der Waals surface area contributed by atoms with E-state index in [1.807, 2.05) is 0 Å². The van der Waals surface area contributed by atoms with Gasteiger partial charge in [-0.1, -0.05) is 0 Å². The first-order valence-electron chi connectivity index (χ1n) is 6.15. The Labute approximate surface area is 109 Å². The van der Waals surface area contributed by atoms with Crippen molar-refractivity contribution in [3.05, 3.63) is 47.8 Å². The highest BCUT2D eigenvalue weighted by Crippen LogP contribution is 2.35. The zero-order chi connectivity index (χ0) is 13.2. The average molecular weight is 260 g/mol. The summed E-state index contributed by atoms with van der Waals surface area (Å²) in [6, 6.07) is 4.49. The fraction of sp³-hybridized carbons (Fsp3) is 0.286. The van der Waals surface area contributed by atoms with Gasteiger partial charge in [-0.15, -0.1) is 0 Å². The molecule has 0 saturated heterocycles. The predicted octanol–water partition coefficient (Wildman–Crippen LogP) is 2.75. The minimum absolute atomic E-state index is 0.269. The smallest absolute Gasteiger partial charge is 0.150 e. The number of halogens is 1. The van der Waals surface area contributed by atoms with E-state index in [4.69, 9.17) is 4.74 Å². The Morgan fingerprint density at radius 3 is 3.00 bits per heavy atom. The van der Waals surface area contributed by atoms with Gasteiger partial charge in [0, 0.05) is 17.7 Å². The number of benzene rings is 1. The van der Waals surface area contributed by atoms with Crippen molar-refractivity contribution in [2.24, 2.45) is 0 Å². The van der Waals surface area contributed by atoms with Crippen LogP contribution in [0.4, 0.5) is 4.39 Å². The van der Waals surface area contributed by atoms with Crippen LogP contribution in [-0.2, 0) is 6.61 Å². The second kappa shape index (κ2) is 4.84. The Balaban J connectivity index is 1.73. The van der Waals surface area contributed by atoms with Crippen LogP contribution in [0.15, 0.2) is 30.7 Å². The van der Waals surface area contributed by atoms with Crippen LogP contribution in [0.1, 0.15) is 34.9 Å². The Morgan fingerprint density at radius 2 is 2.26 bits per heavy atom. The van der Waals surface area contributed by atoms with Crippen LogP contribution in [0.5, 0.6) is 5.75 Å². The summed E-state index contributed by atoms with van der Waals surface area (Å²) in [5.41, 5.74) is 1.23. The van der Waals surface area contributed by atoms with Crippen LogP contribution < -0.4 is 4.74 Å². The molecule has 19 heavy (non-hydrogen) atoms. The molecule has 0 N–H and O–H groups in total. The Hall–Kier alpha value is -2.17. The summed E-state index contributed by atoms with van der Waals surface area (Å²) in [6.45, 7) is 0.318. The molecule has 98 valence electrons. The highest BCUT2D eigenvalue weighted by molar-refractivity contribution is 5.75. The molecule has 0 aliphatic heterocycles. The fourth-order valence-corrected chi connectivity index (χ4v) is 2.02. The first kappa shape index (κ1) is 11.9. The van der Waals surface area contributed by atoms with E-state index in [2.05, 4.69) is 9.55 Å². The van der Waals surface area contributed by atoms with Gasteiger partial charge in [-0.25, -0.2) is 9.37 Å². The van der Waals surface area contributed by atoms with Crippen molar-refractivity contribution in [3.8, 4) is 5.75 Å². The van der Waals surface area contributed by atoms with E-state index in [0.717, 1.165) is 5.69 Å². The minimum atomic E-state index is -0.477. The maximum atomic E-state index is 13.2. The lowest BCUT2D eigenvalue weighted by molar-refractivity contribution is 0.112. The first-order valence-corrected chi connectivity index (χ1v) is 6.15. The molecule has 4 nitrogen and oxygen atoms in total. The normalized spacial score (nSPS) is 14.4. The van der Waals surface area contributed by atoms with Gasteiger partial charge in [0.2, 0.25) is 0 Å². The molecule has 1 heterocycles. The quantitative estimate of drug-likeness (QED) is 0.776. The van der Waals surface area contributed by atoms with Crippen molar-refractivity contribution in [2.45, 2.75) is 25.5 Å². The molecule has 0 amide bonds. The number of aldehydes is 1. The largest absolute Gasteiger partial charge is 0.487 e. The van der Waals surface area contributed by atoms with Gasteiger partial charge in [0.05, 0.1) is 18.2 Å². The number of carbonyl (C=O) groups is 1. The summed E-state index contributed by atoms with van der Waals surface area (Å²) < 4.78 is 20.9. The molecule has 1 fully saturated rings.